The molecule has 0 bridgehead atoms. The summed E-state index contributed by atoms with van der Waals surface area (Å²) in [6, 6.07) is 0.886. The highest BCUT2D eigenvalue weighted by atomic mass is 15.3. The summed E-state index contributed by atoms with van der Waals surface area (Å²) in [7, 11) is 0. The molecule has 3 saturated heterocycles. The van der Waals surface area contributed by atoms with Crippen molar-refractivity contribution >= 4 is 0 Å². The van der Waals surface area contributed by atoms with Crippen molar-refractivity contribution in [3.05, 3.63) is 0 Å². The van der Waals surface area contributed by atoms with Crippen molar-refractivity contribution in [2.24, 2.45) is 5.92 Å². The number of nitrogens with zero attached hydrogens (tertiary/aromatic N) is 2. The van der Waals surface area contributed by atoms with Crippen LogP contribution < -0.4 is 5.32 Å². The third-order valence-electron chi connectivity index (χ3n) is 5.16. The van der Waals surface area contributed by atoms with Crippen LogP contribution in [0.1, 0.15) is 38.5 Å². The molecule has 104 valence electrons. The Bertz CT molecular complexity index is 244. The summed E-state index contributed by atoms with van der Waals surface area (Å²) < 4.78 is 0. The van der Waals surface area contributed by atoms with Gasteiger partial charge in [0, 0.05) is 12.6 Å². The summed E-state index contributed by atoms with van der Waals surface area (Å²) in [5.74, 6) is 0.949. The topological polar surface area (TPSA) is 18.5 Å². The Morgan fingerprint density at radius 3 is 2.67 bits per heavy atom. The lowest BCUT2D eigenvalue weighted by Gasteiger charge is -2.26. The second kappa shape index (κ2) is 6.36. The molecular formula is C15H29N3. The Hall–Kier alpha value is -0.120. The molecule has 0 aromatic rings. The second-order valence-electron chi connectivity index (χ2n) is 6.49. The van der Waals surface area contributed by atoms with Crippen molar-refractivity contribution in [3.8, 4) is 0 Å². The molecule has 0 amide bonds. The fourth-order valence-corrected chi connectivity index (χ4v) is 3.96. The molecule has 3 heterocycles. The van der Waals surface area contributed by atoms with Crippen LogP contribution in [0.3, 0.4) is 0 Å². The van der Waals surface area contributed by atoms with Crippen LogP contribution in [0.4, 0.5) is 0 Å². The maximum Gasteiger partial charge on any atom is 0.0235 e. The van der Waals surface area contributed by atoms with Gasteiger partial charge in [0.25, 0.3) is 0 Å². The van der Waals surface area contributed by atoms with E-state index in [4.69, 9.17) is 0 Å². The first-order valence-corrected chi connectivity index (χ1v) is 8.09. The summed E-state index contributed by atoms with van der Waals surface area (Å²) in [4.78, 5) is 5.46. The maximum atomic E-state index is 3.54. The summed E-state index contributed by atoms with van der Waals surface area (Å²) in [6.07, 6.45) is 8.55. The van der Waals surface area contributed by atoms with E-state index in [1.807, 2.05) is 0 Å². The molecule has 2 atom stereocenters. The van der Waals surface area contributed by atoms with E-state index in [-0.39, 0.29) is 0 Å². The minimum Gasteiger partial charge on any atom is -0.316 e. The Morgan fingerprint density at radius 2 is 1.89 bits per heavy atom. The van der Waals surface area contributed by atoms with Crippen LogP contribution in [0.2, 0.25) is 0 Å². The third kappa shape index (κ3) is 3.25. The van der Waals surface area contributed by atoms with Crippen LogP contribution in [0.15, 0.2) is 0 Å². The lowest BCUT2D eigenvalue weighted by Crippen LogP contribution is -2.36. The number of piperidine rings is 1. The van der Waals surface area contributed by atoms with Crippen LogP contribution in [0, 0.1) is 5.92 Å². The molecule has 3 fully saturated rings. The minimum absolute atomic E-state index is 0.886. The van der Waals surface area contributed by atoms with E-state index in [0.717, 1.165) is 12.0 Å². The van der Waals surface area contributed by atoms with E-state index >= 15 is 0 Å². The zero-order valence-corrected chi connectivity index (χ0v) is 11.7. The summed E-state index contributed by atoms with van der Waals surface area (Å²) >= 11 is 0. The molecule has 3 rings (SSSR count). The van der Waals surface area contributed by atoms with Crippen molar-refractivity contribution in [2.75, 3.05) is 45.8 Å². The highest BCUT2D eigenvalue weighted by Gasteiger charge is 2.29. The summed E-state index contributed by atoms with van der Waals surface area (Å²) in [5.41, 5.74) is 0. The average molecular weight is 251 g/mol. The molecule has 0 saturated carbocycles. The quantitative estimate of drug-likeness (QED) is 0.818. The van der Waals surface area contributed by atoms with Crippen LogP contribution >= 0.6 is 0 Å². The fraction of sp³-hybridized carbons (Fsp3) is 1.00. The first kappa shape index (κ1) is 12.9. The molecule has 1 N–H and O–H groups in total. The zero-order chi connectivity index (χ0) is 12.2. The van der Waals surface area contributed by atoms with E-state index in [2.05, 4.69) is 15.1 Å². The van der Waals surface area contributed by atoms with E-state index in [1.54, 1.807) is 0 Å². The van der Waals surface area contributed by atoms with Gasteiger partial charge in [-0.25, -0.2) is 0 Å². The van der Waals surface area contributed by atoms with Crippen LogP contribution in [0.25, 0.3) is 0 Å². The third-order valence-corrected chi connectivity index (χ3v) is 5.16. The molecule has 0 spiro atoms. The summed E-state index contributed by atoms with van der Waals surface area (Å²) in [5, 5.41) is 3.54. The standard InChI is InChI=1S/C15H29N3/c1-2-9-18(8-1)15-6-11-17(13-15)10-5-14-4-3-7-16-12-14/h14-16H,1-13H2. The van der Waals surface area contributed by atoms with Gasteiger partial charge in [-0.05, 0) is 83.7 Å². The van der Waals surface area contributed by atoms with Crippen molar-refractivity contribution in [2.45, 2.75) is 44.6 Å². The van der Waals surface area contributed by atoms with Crippen molar-refractivity contribution in [1.82, 2.24) is 15.1 Å². The first-order valence-electron chi connectivity index (χ1n) is 8.09. The molecule has 3 aliphatic rings. The Morgan fingerprint density at radius 1 is 1.00 bits per heavy atom. The number of hydrogen-bond acceptors (Lipinski definition) is 3. The van der Waals surface area contributed by atoms with Crippen molar-refractivity contribution < 1.29 is 0 Å². The molecule has 18 heavy (non-hydrogen) atoms. The molecule has 0 radical (unpaired) electrons. The molecular weight excluding hydrogens is 222 g/mol. The Labute approximate surface area is 112 Å². The minimum atomic E-state index is 0.886. The normalized spacial score (nSPS) is 35.3. The lowest BCUT2D eigenvalue weighted by atomic mass is 9.96. The van der Waals surface area contributed by atoms with Gasteiger partial charge in [-0.15, -0.1) is 0 Å². The van der Waals surface area contributed by atoms with Crippen molar-refractivity contribution in [3.63, 3.8) is 0 Å². The highest BCUT2D eigenvalue weighted by molar-refractivity contribution is 4.86. The predicted molar refractivity (Wildman–Crippen MR) is 75.9 cm³/mol. The molecule has 0 aromatic heterocycles. The SMILES string of the molecule is C1CNCC(CCN2CCC(N3CCCC3)C2)C1. The molecule has 3 heteroatoms. The molecule has 2 unspecified atom stereocenters. The van der Waals surface area contributed by atoms with Gasteiger partial charge in [0.2, 0.25) is 0 Å². The molecule has 0 aromatic carbocycles. The maximum absolute atomic E-state index is 3.54. The van der Waals surface area contributed by atoms with Gasteiger partial charge in [0.15, 0.2) is 0 Å². The van der Waals surface area contributed by atoms with Crippen LogP contribution in [0.5, 0.6) is 0 Å². The van der Waals surface area contributed by atoms with Gasteiger partial charge >= 0.3 is 0 Å². The van der Waals surface area contributed by atoms with Crippen molar-refractivity contribution in [1.29, 1.82) is 0 Å². The van der Waals surface area contributed by atoms with E-state index in [1.165, 1.54) is 84.3 Å². The molecule has 3 aliphatic heterocycles. The van der Waals surface area contributed by atoms with Gasteiger partial charge < -0.3 is 10.2 Å². The van der Waals surface area contributed by atoms with Gasteiger partial charge in [0.1, 0.15) is 0 Å². The van der Waals surface area contributed by atoms with Gasteiger partial charge in [-0.1, -0.05) is 0 Å². The fourth-order valence-electron chi connectivity index (χ4n) is 3.96. The lowest BCUT2D eigenvalue weighted by molar-refractivity contribution is 0.222. The van der Waals surface area contributed by atoms with Crippen LogP contribution in [-0.2, 0) is 0 Å². The zero-order valence-electron chi connectivity index (χ0n) is 11.7. The Kier molecular flexibility index (Phi) is 4.55. The Balaban J connectivity index is 1.36. The predicted octanol–water partition coefficient (Wildman–Crippen LogP) is 1.55. The smallest absolute Gasteiger partial charge is 0.0235 e. The largest absolute Gasteiger partial charge is 0.316 e. The van der Waals surface area contributed by atoms with Crippen LogP contribution in [-0.4, -0.2) is 61.7 Å². The number of nitrogens with one attached hydrogen (secondary N) is 1. The van der Waals surface area contributed by atoms with Gasteiger partial charge in [0.05, 0.1) is 0 Å². The van der Waals surface area contributed by atoms with E-state index < -0.39 is 0 Å². The van der Waals surface area contributed by atoms with Gasteiger partial charge in [-0.3, -0.25) is 4.90 Å². The molecule has 0 aliphatic carbocycles. The number of hydrogen-bond donors (Lipinski definition) is 1. The van der Waals surface area contributed by atoms with E-state index in [9.17, 15) is 0 Å². The number of likely N-dealkylation sites (tertiary alicyclic amines) is 2. The first-order chi connectivity index (χ1) is 8.92. The highest BCUT2D eigenvalue weighted by Crippen LogP contribution is 2.22. The summed E-state index contributed by atoms with van der Waals surface area (Å²) in [6.45, 7) is 9.29. The van der Waals surface area contributed by atoms with Gasteiger partial charge in [-0.2, -0.15) is 0 Å². The molecule has 3 nitrogen and oxygen atoms in total. The number of rotatable bonds is 4. The van der Waals surface area contributed by atoms with E-state index in [0.29, 0.717) is 0 Å². The second-order valence-corrected chi connectivity index (χ2v) is 6.49. The monoisotopic (exact) mass is 251 g/mol. The average Bonchev–Trinajstić information content (AvgIpc) is 3.08.